The molecule has 0 unspecified atom stereocenters. The Labute approximate surface area is 167 Å². The van der Waals surface area contributed by atoms with Crippen molar-refractivity contribution in [1.29, 1.82) is 0 Å². The predicted molar refractivity (Wildman–Crippen MR) is 109 cm³/mol. The van der Waals surface area contributed by atoms with E-state index < -0.39 is 0 Å². The summed E-state index contributed by atoms with van der Waals surface area (Å²) in [5, 5.41) is 0. The average molecular weight is 380 g/mol. The second-order valence-corrected chi connectivity index (χ2v) is 8.35. The van der Waals surface area contributed by atoms with E-state index in [1.165, 1.54) is 11.1 Å². The van der Waals surface area contributed by atoms with Crippen LogP contribution in [0.25, 0.3) is 0 Å². The molecule has 0 bridgehead atoms. The molecule has 0 radical (unpaired) electrons. The Morgan fingerprint density at radius 2 is 1.89 bits per heavy atom. The van der Waals surface area contributed by atoms with E-state index in [1.807, 2.05) is 38.6 Å². The molecule has 148 valence electrons. The van der Waals surface area contributed by atoms with E-state index in [4.69, 9.17) is 4.74 Å². The molecule has 1 atom stereocenters. The van der Waals surface area contributed by atoms with E-state index in [-0.39, 0.29) is 17.4 Å². The number of piperidine rings is 1. The molecule has 1 spiro atoms. The predicted octanol–water partition coefficient (Wildman–Crippen LogP) is 3.46. The van der Waals surface area contributed by atoms with Crippen molar-refractivity contribution >= 4 is 5.91 Å². The fraction of sp³-hybridized carbons (Fsp3) is 0.478. The first kappa shape index (κ1) is 18.9. The number of hydrogen-bond acceptors (Lipinski definition) is 4. The minimum atomic E-state index is -0.152. The summed E-state index contributed by atoms with van der Waals surface area (Å²) in [4.78, 5) is 20.7. The van der Waals surface area contributed by atoms with Crippen molar-refractivity contribution in [3.05, 3.63) is 59.9 Å². The molecule has 0 N–H and O–H groups in total. The average Bonchev–Trinajstić information content (AvgIpc) is 2.70. The van der Waals surface area contributed by atoms with Crippen LogP contribution in [0, 0.1) is 0 Å². The first-order chi connectivity index (χ1) is 13.5. The second kappa shape index (κ2) is 7.92. The number of likely N-dealkylation sites (tertiary alicyclic amines) is 1. The lowest BCUT2D eigenvalue weighted by Crippen LogP contribution is -2.50. The van der Waals surface area contributed by atoms with E-state index in [0.717, 1.165) is 44.6 Å². The van der Waals surface area contributed by atoms with Gasteiger partial charge in [-0.2, -0.15) is 0 Å². The lowest BCUT2D eigenvalue weighted by molar-refractivity contribution is -0.129. The molecule has 5 heteroatoms. The van der Waals surface area contributed by atoms with Gasteiger partial charge >= 0.3 is 0 Å². The lowest BCUT2D eigenvalue weighted by Gasteiger charge is -2.47. The second-order valence-electron chi connectivity index (χ2n) is 8.35. The Morgan fingerprint density at radius 1 is 1.18 bits per heavy atom. The van der Waals surface area contributed by atoms with Gasteiger partial charge in [-0.25, -0.2) is 0 Å². The van der Waals surface area contributed by atoms with Crippen LogP contribution < -0.4 is 4.74 Å². The molecule has 1 fully saturated rings. The Bertz CT molecular complexity index is 814. The van der Waals surface area contributed by atoms with Crippen molar-refractivity contribution in [2.75, 3.05) is 27.2 Å². The SMILES string of the molecule is CN(C)C(=O)C[C@H]1CC2(CCN(Cc3ccncc3)CC2)Oc2ccccc21. The maximum absolute atomic E-state index is 12.4. The minimum Gasteiger partial charge on any atom is -0.487 e. The van der Waals surface area contributed by atoms with Crippen LogP contribution in [0.2, 0.25) is 0 Å². The topological polar surface area (TPSA) is 45.7 Å². The summed E-state index contributed by atoms with van der Waals surface area (Å²) in [6, 6.07) is 12.4. The molecular weight excluding hydrogens is 350 g/mol. The smallest absolute Gasteiger partial charge is 0.222 e. The number of fused-ring (bicyclic) bond motifs is 1. The van der Waals surface area contributed by atoms with Gasteiger partial charge in [0.05, 0.1) is 0 Å². The zero-order valence-electron chi connectivity index (χ0n) is 16.8. The van der Waals surface area contributed by atoms with Gasteiger partial charge in [0.1, 0.15) is 11.4 Å². The molecule has 1 amide bonds. The van der Waals surface area contributed by atoms with Crippen molar-refractivity contribution in [2.24, 2.45) is 0 Å². The number of carbonyl (C=O) groups is 1. The Morgan fingerprint density at radius 3 is 2.61 bits per heavy atom. The first-order valence-electron chi connectivity index (χ1n) is 10.1. The van der Waals surface area contributed by atoms with Gasteiger partial charge in [-0.1, -0.05) is 18.2 Å². The molecule has 0 saturated carbocycles. The third kappa shape index (κ3) is 4.04. The van der Waals surface area contributed by atoms with Crippen LogP contribution in [-0.2, 0) is 11.3 Å². The number of nitrogens with zero attached hydrogens (tertiary/aromatic N) is 3. The third-order valence-corrected chi connectivity index (χ3v) is 6.15. The van der Waals surface area contributed by atoms with Crippen LogP contribution in [-0.4, -0.2) is 53.5 Å². The van der Waals surface area contributed by atoms with E-state index in [1.54, 1.807) is 4.90 Å². The summed E-state index contributed by atoms with van der Waals surface area (Å²) in [6.45, 7) is 2.98. The molecule has 1 aromatic carbocycles. The number of para-hydroxylation sites is 1. The maximum atomic E-state index is 12.4. The van der Waals surface area contributed by atoms with Crippen molar-refractivity contribution in [3.63, 3.8) is 0 Å². The quantitative estimate of drug-likeness (QED) is 0.816. The Balaban J connectivity index is 1.47. The van der Waals surface area contributed by atoms with Crippen molar-refractivity contribution < 1.29 is 9.53 Å². The summed E-state index contributed by atoms with van der Waals surface area (Å²) in [7, 11) is 3.67. The highest BCUT2D eigenvalue weighted by atomic mass is 16.5. The number of carbonyl (C=O) groups excluding carboxylic acids is 1. The molecule has 5 nitrogen and oxygen atoms in total. The molecule has 1 aromatic heterocycles. The molecule has 28 heavy (non-hydrogen) atoms. The van der Waals surface area contributed by atoms with Crippen LogP contribution in [0.1, 0.15) is 42.7 Å². The van der Waals surface area contributed by atoms with Crippen LogP contribution in [0.3, 0.4) is 0 Å². The molecule has 2 aliphatic heterocycles. The largest absolute Gasteiger partial charge is 0.487 e. The summed E-state index contributed by atoms with van der Waals surface area (Å²) in [5.74, 6) is 1.38. The standard InChI is InChI=1S/C23H29N3O2/c1-25(2)22(27)15-19-16-23(28-21-6-4-3-5-20(19)21)9-13-26(14-10-23)17-18-7-11-24-12-8-18/h3-8,11-12,19H,9-10,13-17H2,1-2H3/t19-/m0/s1. The van der Waals surface area contributed by atoms with Gasteiger partial charge in [-0.3, -0.25) is 14.7 Å². The summed E-state index contributed by atoms with van der Waals surface area (Å²) in [5.41, 5.74) is 2.33. The molecule has 0 aliphatic carbocycles. The lowest BCUT2D eigenvalue weighted by atomic mass is 9.76. The zero-order chi connectivity index (χ0) is 19.6. The zero-order valence-corrected chi connectivity index (χ0v) is 16.8. The summed E-state index contributed by atoms with van der Waals surface area (Å²) >= 11 is 0. The van der Waals surface area contributed by atoms with Gasteiger partial charge in [0.2, 0.25) is 5.91 Å². The maximum Gasteiger partial charge on any atom is 0.222 e. The highest BCUT2D eigenvalue weighted by Gasteiger charge is 2.43. The van der Waals surface area contributed by atoms with Gasteiger partial charge in [-0.15, -0.1) is 0 Å². The van der Waals surface area contributed by atoms with Crippen LogP contribution >= 0.6 is 0 Å². The van der Waals surface area contributed by atoms with Crippen molar-refractivity contribution in [2.45, 2.75) is 43.7 Å². The monoisotopic (exact) mass is 379 g/mol. The highest BCUT2D eigenvalue weighted by molar-refractivity contribution is 5.76. The molecule has 4 rings (SSSR count). The summed E-state index contributed by atoms with van der Waals surface area (Å²) in [6.07, 6.45) is 7.18. The van der Waals surface area contributed by atoms with E-state index in [9.17, 15) is 4.79 Å². The van der Waals surface area contributed by atoms with Gasteiger partial charge in [-0.05, 0) is 48.6 Å². The molecule has 3 heterocycles. The van der Waals surface area contributed by atoms with Crippen molar-refractivity contribution in [1.82, 2.24) is 14.8 Å². The number of pyridine rings is 1. The number of amides is 1. The Kier molecular flexibility index (Phi) is 5.36. The van der Waals surface area contributed by atoms with Crippen LogP contribution in [0.5, 0.6) is 5.75 Å². The van der Waals surface area contributed by atoms with E-state index in [2.05, 4.69) is 34.1 Å². The molecule has 2 aromatic rings. The van der Waals surface area contributed by atoms with Gasteiger partial charge in [0.15, 0.2) is 0 Å². The number of aromatic nitrogens is 1. The number of hydrogen-bond donors (Lipinski definition) is 0. The van der Waals surface area contributed by atoms with E-state index in [0.29, 0.717) is 6.42 Å². The fourth-order valence-electron chi connectivity index (χ4n) is 4.49. The van der Waals surface area contributed by atoms with Crippen LogP contribution in [0.4, 0.5) is 0 Å². The normalized spacial score (nSPS) is 21.0. The molecule has 1 saturated heterocycles. The number of ether oxygens (including phenoxy) is 1. The number of benzene rings is 1. The third-order valence-electron chi connectivity index (χ3n) is 6.15. The van der Waals surface area contributed by atoms with Crippen LogP contribution in [0.15, 0.2) is 48.8 Å². The molecule has 2 aliphatic rings. The fourth-order valence-corrected chi connectivity index (χ4v) is 4.49. The van der Waals surface area contributed by atoms with E-state index >= 15 is 0 Å². The van der Waals surface area contributed by atoms with Gasteiger partial charge in [0.25, 0.3) is 0 Å². The Hall–Kier alpha value is -2.40. The summed E-state index contributed by atoms with van der Waals surface area (Å²) < 4.78 is 6.57. The highest BCUT2D eigenvalue weighted by Crippen LogP contribution is 2.46. The van der Waals surface area contributed by atoms with Crippen molar-refractivity contribution in [3.8, 4) is 5.75 Å². The number of rotatable bonds is 4. The molecular formula is C23H29N3O2. The van der Waals surface area contributed by atoms with Gasteiger partial charge in [0, 0.05) is 58.5 Å². The first-order valence-corrected chi connectivity index (χ1v) is 10.1. The van der Waals surface area contributed by atoms with Gasteiger partial charge < -0.3 is 9.64 Å². The minimum absolute atomic E-state index is 0.152.